The van der Waals surface area contributed by atoms with Gasteiger partial charge in [0, 0.05) is 6.54 Å². The van der Waals surface area contributed by atoms with Crippen molar-refractivity contribution in [2.75, 3.05) is 18.5 Å². The zero-order chi connectivity index (χ0) is 9.10. The minimum absolute atomic E-state index is 0.688. The third-order valence-corrected chi connectivity index (χ3v) is 2.40. The van der Waals surface area contributed by atoms with Gasteiger partial charge >= 0.3 is 0 Å². The minimum Gasteiger partial charge on any atom is -0.491 e. The van der Waals surface area contributed by atoms with Gasteiger partial charge in [-0.2, -0.15) is 0 Å². The summed E-state index contributed by atoms with van der Waals surface area (Å²) < 4.78 is 5.64. The van der Waals surface area contributed by atoms with Crippen LogP contribution in [0, 0.1) is 5.92 Å². The summed E-state index contributed by atoms with van der Waals surface area (Å²) in [6.07, 6.45) is 1.13. The molecule has 2 heteroatoms. The number of anilines is 1. The largest absolute Gasteiger partial charge is 0.491 e. The van der Waals surface area contributed by atoms with Gasteiger partial charge in [0.2, 0.25) is 0 Å². The van der Waals surface area contributed by atoms with Crippen LogP contribution < -0.4 is 10.1 Å². The molecule has 0 saturated carbocycles. The number of rotatable bonds is 0. The fraction of sp³-hybridized carbons (Fsp3) is 0.455. The first-order chi connectivity index (χ1) is 6.36. The first kappa shape index (κ1) is 8.42. The predicted octanol–water partition coefficient (Wildman–Crippen LogP) is 2.52. The molecule has 2 nitrogen and oxygen atoms in total. The molecule has 1 heterocycles. The number of ether oxygens (including phenoxy) is 1. The van der Waals surface area contributed by atoms with Crippen molar-refractivity contribution in [3.63, 3.8) is 0 Å². The maximum Gasteiger partial charge on any atom is 0.142 e. The molecule has 1 aliphatic heterocycles. The predicted molar refractivity (Wildman–Crippen MR) is 54.2 cm³/mol. The van der Waals surface area contributed by atoms with E-state index in [0.29, 0.717) is 5.92 Å². The van der Waals surface area contributed by atoms with E-state index < -0.39 is 0 Å². The molecule has 0 bridgehead atoms. The van der Waals surface area contributed by atoms with Crippen LogP contribution >= 0.6 is 0 Å². The van der Waals surface area contributed by atoms with Crippen LogP contribution in [0.4, 0.5) is 5.69 Å². The summed E-state index contributed by atoms with van der Waals surface area (Å²) in [4.78, 5) is 0. The Kier molecular flexibility index (Phi) is 2.39. The summed E-state index contributed by atoms with van der Waals surface area (Å²) in [5, 5.41) is 3.39. The van der Waals surface area contributed by atoms with Gasteiger partial charge in [-0.1, -0.05) is 19.1 Å². The minimum atomic E-state index is 0.688. The summed E-state index contributed by atoms with van der Waals surface area (Å²) in [5.41, 5.74) is 1.12. The van der Waals surface area contributed by atoms with Crippen LogP contribution in [0.15, 0.2) is 24.3 Å². The lowest BCUT2D eigenvalue weighted by molar-refractivity contribution is 0.283. The molecule has 0 radical (unpaired) electrons. The number of hydrogen-bond donors (Lipinski definition) is 1. The summed E-state index contributed by atoms with van der Waals surface area (Å²) in [7, 11) is 0. The maximum atomic E-state index is 5.64. The summed E-state index contributed by atoms with van der Waals surface area (Å²) in [5.74, 6) is 1.67. The van der Waals surface area contributed by atoms with Crippen LogP contribution in [-0.4, -0.2) is 13.2 Å². The lowest BCUT2D eigenvalue weighted by Crippen LogP contribution is -2.18. The number of para-hydroxylation sites is 2. The number of fused-ring (bicyclic) bond motifs is 1. The first-order valence-corrected chi connectivity index (χ1v) is 4.82. The first-order valence-electron chi connectivity index (χ1n) is 4.82. The quantitative estimate of drug-likeness (QED) is 0.657. The molecule has 1 aromatic carbocycles. The van der Waals surface area contributed by atoms with Gasteiger partial charge in [0.15, 0.2) is 0 Å². The fourth-order valence-electron chi connectivity index (χ4n) is 1.49. The van der Waals surface area contributed by atoms with Crippen molar-refractivity contribution < 1.29 is 4.74 Å². The highest BCUT2D eigenvalue weighted by atomic mass is 16.5. The van der Waals surface area contributed by atoms with E-state index in [4.69, 9.17) is 4.74 Å². The number of benzene rings is 1. The third-order valence-electron chi connectivity index (χ3n) is 2.40. The molecule has 0 amide bonds. The third kappa shape index (κ3) is 1.94. The zero-order valence-electron chi connectivity index (χ0n) is 7.92. The van der Waals surface area contributed by atoms with Crippen molar-refractivity contribution in [2.45, 2.75) is 13.3 Å². The number of hydrogen-bond acceptors (Lipinski definition) is 2. The molecule has 1 unspecified atom stereocenters. The van der Waals surface area contributed by atoms with Gasteiger partial charge in [-0.25, -0.2) is 0 Å². The van der Waals surface area contributed by atoms with E-state index in [1.54, 1.807) is 0 Å². The van der Waals surface area contributed by atoms with Crippen molar-refractivity contribution in [1.82, 2.24) is 0 Å². The van der Waals surface area contributed by atoms with Crippen molar-refractivity contribution in [2.24, 2.45) is 5.92 Å². The Morgan fingerprint density at radius 2 is 2.23 bits per heavy atom. The summed E-state index contributed by atoms with van der Waals surface area (Å²) in [6.45, 7) is 4.12. The van der Waals surface area contributed by atoms with E-state index in [9.17, 15) is 0 Å². The number of nitrogens with one attached hydrogen (secondary N) is 1. The van der Waals surface area contributed by atoms with Gasteiger partial charge in [0.1, 0.15) is 5.75 Å². The maximum absolute atomic E-state index is 5.64. The molecule has 2 rings (SSSR count). The standard InChI is InChI=1S/C11H15NO/c1-9-6-7-13-11-5-3-2-4-10(11)12-8-9/h2-5,9,12H,6-8H2,1H3. The topological polar surface area (TPSA) is 21.3 Å². The SMILES string of the molecule is CC1CCOc2ccccc2NC1. The van der Waals surface area contributed by atoms with Crippen LogP contribution in [-0.2, 0) is 0 Å². The van der Waals surface area contributed by atoms with Crippen molar-refractivity contribution >= 4 is 5.69 Å². The van der Waals surface area contributed by atoms with Gasteiger partial charge in [0.25, 0.3) is 0 Å². The van der Waals surface area contributed by atoms with Crippen molar-refractivity contribution in [1.29, 1.82) is 0 Å². The molecule has 0 aromatic heterocycles. The Hall–Kier alpha value is -1.18. The second-order valence-corrected chi connectivity index (χ2v) is 3.62. The van der Waals surface area contributed by atoms with Gasteiger partial charge in [-0.15, -0.1) is 0 Å². The van der Waals surface area contributed by atoms with Crippen LogP contribution in [0.1, 0.15) is 13.3 Å². The highest BCUT2D eigenvalue weighted by Crippen LogP contribution is 2.26. The molecule has 0 saturated heterocycles. The highest BCUT2D eigenvalue weighted by molar-refractivity contribution is 5.56. The van der Waals surface area contributed by atoms with Gasteiger partial charge in [-0.05, 0) is 24.5 Å². The molecule has 1 N–H and O–H groups in total. The molecule has 1 aliphatic rings. The molecule has 1 aromatic rings. The summed E-state index contributed by atoms with van der Waals surface area (Å²) in [6, 6.07) is 8.11. The Balaban J connectivity index is 2.20. The average Bonchev–Trinajstić information content (AvgIpc) is 2.13. The average molecular weight is 177 g/mol. The highest BCUT2D eigenvalue weighted by Gasteiger charge is 2.09. The molecular weight excluding hydrogens is 162 g/mol. The Morgan fingerprint density at radius 3 is 3.15 bits per heavy atom. The monoisotopic (exact) mass is 177 g/mol. The van der Waals surface area contributed by atoms with E-state index in [-0.39, 0.29) is 0 Å². The second kappa shape index (κ2) is 3.69. The van der Waals surface area contributed by atoms with E-state index in [1.807, 2.05) is 18.2 Å². The van der Waals surface area contributed by atoms with E-state index in [1.165, 1.54) is 0 Å². The normalized spacial score (nSPS) is 21.8. The molecule has 13 heavy (non-hydrogen) atoms. The van der Waals surface area contributed by atoms with Gasteiger partial charge in [0.05, 0.1) is 12.3 Å². The second-order valence-electron chi connectivity index (χ2n) is 3.62. The van der Waals surface area contributed by atoms with Crippen LogP contribution in [0.5, 0.6) is 5.75 Å². The molecule has 1 atom stereocenters. The van der Waals surface area contributed by atoms with E-state index in [2.05, 4.69) is 18.3 Å². The smallest absolute Gasteiger partial charge is 0.142 e. The fourth-order valence-corrected chi connectivity index (χ4v) is 1.49. The Bertz CT molecular complexity index is 285. The Morgan fingerprint density at radius 1 is 1.38 bits per heavy atom. The summed E-state index contributed by atoms with van der Waals surface area (Å²) >= 11 is 0. The van der Waals surface area contributed by atoms with Crippen LogP contribution in [0.2, 0.25) is 0 Å². The van der Waals surface area contributed by atoms with E-state index >= 15 is 0 Å². The lowest BCUT2D eigenvalue weighted by Gasteiger charge is -2.20. The molecule has 0 fully saturated rings. The molecule has 0 spiro atoms. The van der Waals surface area contributed by atoms with E-state index in [0.717, 1.165) is 31.0 Å². The van der Waals surface area contributed by atoms with Gasteiger partial charge in [-0.3, -0.25) is 0 Å². The van der Waals surface area contributed by atoms with Gasteiger partial charge < -0.3 is 10.1 Å². The Labute approximate surface area is 78.9 Å². The van der Waals surface area contributed by atoms with Crippen LogP contribution in [0.25, 0.3) is 0 Å². The lowest BCUT2D eigenvalue weighted by atomic mass is 10.1. The van der Waals surface area contributed by atoms with Crippen molar-refractivity contribution in [3.05, 3.63) is 24.3 Å². The van der Waals surface area contributed by atoms with Crippen LogP contribution in [0.3, 0.4) is 0 Å². The van der Waals surface area contributed by atoms with Crippen molar-refractivity contribution in [3.8, 4) is 5.75 Å². The molecule has 0 aliphatic carbocycles. The zero-order valence-corrected chi connectivity index (χ0v) is 7.92. The molecular formula is C11H15NO. The molecule has 70 valence electrons.